The molecule has 0 radical (unpaired) electrons. The maximum atomic E-state index is 12.5. The van der Waals surface area contributed by atoms with Gasteiger partial charge in [0.2, 0.25) is 0 Å². The van der Waals surface area contributed by atoms with Crippen LogP contribution in [-0.2, 0) is 23.9 Å². The van der Waals surface area contributed by atoms with Gasteiger partial charge < -0.3 is 20.1 Å². The van der Waals surface area contributed by atoms with Crippen molar-refractivity contribution in [1.29, 1.82) is 0 Å². The van der Waals surface area contributed by atoms with Crippen molar-refractivity contribution in [3.05, 3.63) is 29.8 Å². The maximum Gasteiger partial charge on any atom is 0.339 e. The summed E-state index contributed by atoms with van der Waals surface area (Å²) in [5, 5.41) is 5.08. The molecular formula is C19H21N3O7. The third kappa shape index (κ3) is 4.20. The average molecular weight is 403 g/mol. The number of amides is 4. The Balaban J connectivity index is 1.52. The molecule has 1 aliphatic carbocycles. The van der Waals surface area contributed by atoms with Gasteiger partial charge in [0.15, 0.2) is 6.61 Å². The van der Waals surface area contributed by atoms with Gasteiger partial charge in [-0.15, -0.1) is 0 Å². The fourth-order valence-corrected chi connectivity index (χ4v) is 3.18. The molecule has 1 aromatic carbocycles. The Labute approximate surface area is 166 Å². The van der Waals surface area contributed by atoms with Crippen molar-refractivity contribution in [3.63, 3.8) is 0 Å². The van der Waals surface area contributed by atoms with Crippen LogP contribution in [-0.4, -0.2) is 60.5 Å². The van der Waals surface area contributed by atoms with Gasteiger partial charge in [-0.1, -0.05) is 12.1 Å². The molecule has 2 aliphatic rings. The molecule has 2 N–H and O–H groups in total. The zero-order valence-corrected chi connectivity index (χ0v) is 16.0. The lowest BCUT2D eigenvalue weighted by Gasteiger charge is -2.20. The van der Waals surface area contributed by atoms with Crippen LogP contribution in [0.1, 0.15) is 30.1 Å². The van der Waals surface area contributed by atoms with Gasteiger partial charge >= 0.3 is 18.0 Å². The second kappa shape index (κ2) is 7.90. The van der Waals surface area contributed by atoms with Crippen LogP contribution >= 0.6 is 0 Å². The summed E-state index contributed by atoms with van der Waals surface area (Å²) in [6.45, 7) is 0.416. The van der Waals surface area contributed by atoms with Gasteiger partial charge in [-0.05, 0) is 37.8 Å². The van der Waals surface area contributed by atoms with Crippen molar-refractivity contribution in [1.82, 2.24) is 10.2 Å². The van der Waals surface area contributed by atoms with Crippen molar-refractivity contribution >= 4 is 35.5 Å². The van der Waals surface area contributed by atoms with Crippen LogP contribution in [0.4, 0.5) is 10.5 Å². The van der Waals surface area contributed by atoms with E-state index in [1.54, 1.807) is 19.1 Å². The number of hydrogen-bond acceptors (Lipinski definition) is 7. The normalized spacial score (nSPS) is 20.8. The zero-order chi connectivity index (χ0) is 21.2. The molecule has 10 nitrogen and oxygen atoms in total. The number of anilines is 1. The smallest absolute Gasteiger partial charge is 0.339 e. The van der Waals surface area contributed by atoms with Gasteiger partial charge in [0.1, 0.15) is 12.1 Å². The third-order valence-corrected chi connectivity index (χ3v) is 4.95. The number of imide groups is 1. The molecule has 0 bridgehead atoms. The summed E-state index contributed by atoms with van der Waals surface area (Å²) < 4.78 is 9.50. The van der Waals surface area contributed by atoms with E-state index in [0.29, 0.717) is 0 Å². The number of ether oxygens (including phenoxy) is 2. The standard InChI is InChI=1S/C19H21N3O7/c1-19(11-7-8-11)17(26)22(18(27)21-19)9-15(24)29-10-14(23)20-13-6-4-3-5-12(13)16(25)28-2/h3-6,11H,7-10H2,1-2H3,(H,20,23)(H,21,27)/t19-/m1/s1. The molecule has 1 aromatic rings. The highest BCUT2D eigenvalue weighted by Gasteiger charge is 2.56. The molecule has 154 valence electrons. The third-order valence-electron chi connectivity index (χ3n) is 4.95. The minimum absolute atomic E-state index is 0.0700. The Kier molecular flexibility index (Phi) is 5.53. The van der Waals surface area contributed by atoms with Crippen LogP contribution in [0.3, 0.4) is 0 Å². The first-order valence-corrected chi connectivity index (χ1v) is 9.03. The van der Waals surface area contributed by atoms with Crippen LogP contribution in [0.2, 0.25) is 0 Å². The second-order valence-corrected chi connectivity index (χ2v) is 7.04. The number of benzene rings is 1. The number of carbonyl (C=O) groups is 5. The summed E-state index contributed by atoms with van der Waals surface area (Å²) >= 11 is 0. The maximum absolute atomic E-state index is 12.5. The molecule has 3 rings (SSSR count). The highest BCUT2D eigenvalue weighted by molar-refractivity contribution is 6.09. The van der Waals surface area contributed by atoms with Crippen molar-refractivity contribution in [2.75, 3.05) is 25.6 Å². The van der Waals surface area contributed by atoms with Crippen LogP contribution < -0.4 is 10.6 Å². The molecule has 29 heavy (non-hydrogen) atoms. The Morgan fingerprint density at radius 1 is 1.24 bits per heavy atom. The Morgan fingerprint density at radius 2 is 1.93 bits per heavy atom. The molecule has 1 atom stereocenters. The molecular weight excluding hydrogens is 382 g/mol. The molecule has 1 saturated heterocycles. The summed E-state index contributed by atoms with van der Waals surface area (Å²) in [5.74, 6) is -2.62. The van der Waals surface area contributed by atoms with E-state index in [1.807, 2.05) is 0 Å². The summed E-state index contributed by atoms with van der Waals surface area (Å²) in [5.41, 5.74) is -0.644. The monoisotopic (exact) mass is 403 g/mol. The Bertz CT molecular complexity index is 880. The van der Waals surface area contributed by atoms with Crippen LogP contribution in [0.15, 0.2) is 24.3 Å². The van der Waals surface area contributed by atoms with Gasteiger partial charge in [-0.2, -0.15) is 0 Å². The molecule has 1 saturated carbocycles. The van der Waals surface area contributed by atoms with Crippen molar-refractivity contribution < 1.29 is 33.4 Å². The average Bonchev–Trinajstić information content (AvgIpc) is 3.52. The van der Waals surface area contributed by atoms with Gasteiger partial charge in [0.05, 0.1) is 18.4 Å². The van der Waals surface area contributed by atoms with E-state index >= 15 is 0 Å². The van der Waals surface area contributed by atoms with Crippen molar-refractivity contribution in [3.8, 4) is 0 Å². The van der Waals surface area contributed by atoms with Gasteiger partial charge in [-0.25, -0.2) is 9.59 Å². The van der Waals surface area contributed by atoms with Gasteiger partial charge in [0.25, 0.3) is 11.8 Å². The molecule has 0 aromatic heterocycles. The second-order valence-electron chi connectivity index (χ2n) is 7.04. The number of rotatable bonds is 7. The fourth-order valence-electron chi connectivity index (χ4n) is 3.18. The first kappa shape index (κ1) is 20.3. The molecule has 2 fully saturated rings. The zero-order valence-electron chi connectivity index (χ0n) is 16.0. The summed E-state index contributed by atoms with van der Waals surface area (Å²) in [6, 6.07) is 5.54. The Morgan fingerprint density at radius 3 is 2.59 bits per heavy atom. The highest BCUT2D eigenvalue weighted by atomic mass is 16.5. The van der Waals surface area contributed by atoms with E-state index in [0.717, 1.165) is 17.7 Å². The SMILES string of the molecule is COC(=O)c1ccccc1NC(=O)COC(=O)CN1C(=O)N[C@](C)(C2CC2)C1=O. The largest absolute Gasteiger partial charge is 0.465 e. The lowest BCUT2D eigenvalue weighted by Crippen LogP contribution is -2.46. The number of para-hydroxylation sites is 1. The topological polar surface area (TPSA) is 131 Å². The van der Waals surface area contributed by atoms with Crippen molar-refractivity contribution in [2.24, 2.45) is 5.92 Å². The van der Waals surface area contributed by atoms with Crippen LogP contribution in [0.25, 0.3) is 0 Å². The van der Waals surface area contributed by atoms with E-state index < -0.39 is 48.5 Å². The highest BCUT2D eigenvalue weighted by Crippen LogP contribution is 2.42. The first-order chi connectivity index (χ1) is 13.8. The predicted octanol–water partition coefficient (Wildman–Crippen LogP) is 0.675. The molecule has 0 spiro atoms. The van der Waals surface area contributed by atoms with E-state index in [2.05, 4.69) is 15.4 Å². The predicted molar refractivity (Wildman–Crippen MR) is 98.7 cm³/mol. The lowest BCUT2D eigenvalue weighted by atomic mass is 9.96. The van der Waals surface area contributed by atoms with Gasteiger partial charge in [0, 0.05) is 0 Å². The fraction of sp³-hybridized carbons (Fsp3) is 0.421. The van der Waals surface area contributed by atoms with Crippen molar-refractivity contribution in [2.45, 2.75) is 25.3 Å². The summed E-state index contributed by atoms with van der Waals surface area (Å²) in [7, 11) is 1.21. The minimum Gasteiger partial charge on any atom is -0.465 e. The molecule has 0 unspecified atom stereocenters. The number of esters is 2. The van der Waals surface area contributed by atoms with Crippen LogP contribution in [0.5, 0.6) is 0 Å². The minimum atomic E-state index is -0.994. The number of nitrogens with one attached hydrogen (secondary N) is 2. The van der Waals surface area contributed by atoms with Crippen LogP contribution in [0, 0.1) is 5.92 Å². The number of methoxy groups -OCH3 is 1. The number of hydrogen-bond donors (Lipinski definition) is 2. The summed E-state index contributed by atoms with van der Waals surface area (Å²) in [4.78, 5) is 61.1. The van der Waals surface area contributed by atoms with Gasteiger partial charge in [-0.3, -0.25) is 19.3 Å². The Hall–Kier alpha value is -3.43. The van der Waals surface area contributed by atoms with E-state index in [4.69, 9.17) is 4.74 Å². The molecule has 10 heteroatoms. The summed E-state index contributed by atoms with van der Waals surface area (Å²) in [6.07, 6.45) is 1.68. The van der Waals surface area contributed by atoms with E-state index in [1.165, 1.54) is 19.2 Å². The molecule has 1 heterocycles. The van der Waals surface area contributed by atoms with E-state index in [-0.39, 0.29) is 17.2 Å². The number of nitrogens with zero attached hydrogens (tertiary/aromatic N) is 1. The molecule has 4 amide bonds. The first-order valence-electron chi connectivity index (χ1n) is 9.03. The lowest BCUT2D eigenvalue weighted by molar-refractivity contribution is -0.150. The quantitative estimate of drug-likeness (QED) is 0.505. The van der Waals surface area contributed by atoms with E-state index in [9.17, 15) is 24.0 Å². The number of carbonyl (C=O) groups excluding carboxylic acids is 5. The number of urea groups is 1. The molecule has 1 aliphatic heterocycles.